The third kappa shape index (κ3) is 2.80. The molecule has 3 aromatic rings. The minimum absolute atomic E-state index is 0.159. The molecule has 4 unspecified atom stereocenters. The average molecular weight is 416 g/mol. The molecule has 1 saturated heterocycles. The van der Waals surface area contributed by atoms with Gasteiger partial charge in [-0.3, -0.25) is 4.40 Å². The maximum absolute atomic E-state index is 5.69. The Kier molecular flexibility index (Phi) is 4.15. The van der Waals surface area contributed by atoms with E-state index in [0.29, 0.717) is 17.4 Å². The standard InChI is InChI=1S/C19H18BrN3O3/c20-13-9-16-15(25-11-26-16)8-12(13)10-21-19-18(14-4-3-7-24-14)22-17-5-1-2-6-23(17)19/h1-7,10,12-13,15-16H,8-9,11H2/b21-10+. The number of aliphatic imine (C=N–C) groups is 1. The van der Waals surface area contributed by atoms with Crippen molar-refractivity contribution < 1.29 is 13.9 Å². The molecule has 0 aromatic carbocycles. The summed E-state index contributed by atoms with van der Waals surface area (Å²) in [5.41, 5.74) is 1.59. The van der Waals surface area contributed by atoms with Crippen LogP contribution >= 0.6 is 15.9 Å². The summed E-state index contributed by atoms with van der Waals surface area (Å²) in [5.74, 6) is 1.77. The van der Waals surface area contributed by atoms with E-state index in [4.69, 9.17) is 23.9 Å². The molecule has 4 atom stereocenters. The van der Waals surface area contributed by atoms with Crippen LogP contribution in [0.3, 0.4) is 0 Å². The van der Waals surface area contributed by atoms with Crippen molar-refractivity contribution >= 4 is 33.6 Å². The molecule has 2 fully saturated rings. The highest BCUT2D eigenvalue weighted by atomic mass is 79.9. The van der Waals surface area contributed by atoms with E-state index in [1.54, 1.807) is 6.26 Å². The number of furan rings is 1. The largest absolute Gasteiger partial charge is 0.463 e. The Morgan fingerprint density at radius 1 is 1.15 bits per heavy atom. The molecule has 1 saturated carbocycles. The van der Waals surface area contributed by atoms with Crippen molar-refractivity contribution in [3.05, 3.63) is 42.8 Å². The van der Waals surface area contributed by atoms with Gasteiger partial charge < -0.3 is 13.9 Å². The number of ether oxygens (including phenoxy) is 2. The Labute approximate surface area is 159 Å². The Bertz CT molecular complexity index is 937. The fourth-order valence-corrected chi connectivity index (χ4v) is 4.41. The number of hydrogen-bond acceptors (Lipinski definition) is 5. The molecule has 134 valence electrons. The van der Waals surface area contributed by atoms with Gasteiger partial charge in [-0.15, -0.1) is 0 Å². The molecule has 7 heteroatoms. The Morgan fingerprint density at radius 3 is 2.88 bits per heavy atom. The van der Waals surface area contributed by atoms with Gasteiger partial charge in [0, 0.05) is 23.2 Å². The summed E-state index contributed by atoms with van der Waals surface area (Å²) in [5, 5.41) is 0. The first-order valence-corrected chi connectivity index (χ1v) is 9.63. The SMILES string of the molecule is BrC1CC2OCOC2CC1/C=N/c1c(-c2ccco2)nc2ccccn12. The predicted molar refractivity (Wildman–Crippen MR) is 101 cm³/mol. The molecule has 4 heterocycles. The zero-order chi connectivity index (χ0) is 17.5. The van der Waals surface area contributed by atoms with Crippen LogP contribution in [-0.2, 0) is 9.47 Å². The normalized spacial score (nSPS) is 28.8. The third-order valence-corrected chi connectivity index (χ3v) is 6.11. The molecular weight excluding hydrogens is 398 g/mol. The summed E-state index contributed by atoms with van der Waals surface area (Å²) in [6, 6.07) is 9.67. The minimum Gasteiger partial charge on any atom is -0.463 e. The number of aromatic nitrogens is 2. The maximum atomic E-state index is 5.69. The molecule has 0 bridgehead atoms. The Balaban J connectivity index is 1.50. The van der Waals surface area contributed by atoms with Gasteiger partial charge in [-0.05, 0) is 37.1 Å². The van der Waals surface area contributed by atoms with Gasteiger partial charge in [0.15, 0.2) is 17.3 Å². The quantitative estimate of drug-likeness (QED) is 0.474. The van der Waals surface area contributed by atoms with E-state index in [9.17, 15) is 0 Å². The summed E-state index contributed by atoms with van der Waals surface area (Å²) in [4.78, 5) is 9.84. The van der Waals surface area contributed by atoms with Crippen molar-refractivity contribution in [3.63, 3.8) is 0 Å². The molecule has 0 amide bonds. The van der Waals surface area contributed by atoms with Gasteiger partial charge in [0.2, 0.25) is 0 Å². The molecule has 0 radical (unpaired) electrons. The van der Waals surface area contributed by atoms with E-state index in [0.717, 1.165) is 30.0 Å². The smallest absolute Gasteiger partial charge is 0.168 e. The molecule has 6 nitrogen and oxygen atoms in total. The number of hydrogen-bond donors (Lipinski definition) is 0. The fourth-order valence-electron chi connectivity index (χ4n) is 3.69. The molecule has 1 aliphatic carbocycles. The molecule has 2 aliphatic rings. The van der Waals surface area contributed by atoms with Crippen LogP contribution in [0.4, 0.5) is 5.82 Å². The molecule has 3 aromatic heterocycles. The second-order valence-corrected chi connectivity index (χ2v) is 7.82. The number of alkyl halides is 1. The van der Waals surface area contributed by atoms with Crippen molar-refractivity contribution in [3.8, 4) is 11.5 Å². The van der Waals surface area contributed by atoms with Gasteiger partial charge in [-0.1, -0.05) is 22.0 Å². The number of pyridine rings is 1. The van der Waals surface area contributed by atoms with Gasteiger partial charge in [0.05, 0.1) is 18.5 Å². The average Bonchev–Trinajstić information content (AvgIpc) is 3.38. The second-order valence-electron chi connectivity index (χ2n) is 6.65. The van der Waals surface area contributed by atoms with Gasteiger partial charge in [-0.2, -0.15) is 0 Å². The van der Waals surface area contributed by atoms with E-state index in [1.807, 2.05) is 47.1 Å². The first-order valence-electron chi connectivity index (χ1n) is 8.72. The van der Waals surface area contributed by atoms with E-state index < -0.39 is 0 Å². The summed E-state index contributed by atoms with van der Waals surface area (Å²) in [7, 11) is 0. The number of nitrogens with zero attached hydrogens (tertiary/aromatic N) is 3. The first-order chi connectivity index (χ1) is 12.8. The maximum Gasteiger partial charge on any atom is 0.168 e. The molecule has 5 rings (SSSR count). The summed E-state index contributed by atoms with van der Waals surface area (Å²) < 4.78 is 18.9. The number of fused-ring (bicyclic) bond motifs is 2. The van der Waals surface area contributed by atoms with Crippen molar-refractivity contribution in [1.82, 2.24) is 9.38 Å². The third-order valence-electron chi connectivity index (χ3n) is 5.05. The van der Waals surface area contributed by atoms with Crippen LogP contribution in [0.1, 0.15) is 12.8 Å². The lowest BCUT2D eigenvalue weighted by Gasteiger charge is -2.31. The molecule has 26 heavy (non-hydrogen) atoms. The molecule has 0 N–H and O–H groups in total. The minimum atomic E-state index is 0.159. The number of rotatable bonds is 3. The van der Waals surface area contributed by atoms with Crippen molar-refractivity contribution in [1.29, 1.82) is 0 Å². The van der Waals surface area contributed by atoms with Crippen LogP contribution in [0.5, 0.6) is 0 Å². The number of imidazole rings is 1. The second kappa shape index (κ2) is 6.64. The van der Waals surface area contributed by atoms with E-state index >= 15 is 0 Å². The Morgan fingerprint density at radius 2 is 2.04 bits per heavy atom. The zero-order valence-corrected chi connectivity index (χ0v) is 15.6. The van der Waals surface area contributed by atoms with E-state index in [2.05, 4.69) is 15.9 Å². The van der Waals surface area contributed by atoms with E-state index in [-0.39, 0.29) is 18.1 Å². The lowest BCUT2D eigenvalue weighted by molar-refractivity contribution is 0.0393. The van der Waals surface area contributed by atoms with Crippen molar-refractivity contribution in [2.45, 2.75) is 29.9 Å². The molecule has 0 spiro atoms. The van der Waals surface area contributed by atoms with Crippen molar-refractivity contribution in [2.75, 3.05) is 6.79 Å². The molecule has 1 aliphatic heterocycles. The van der Waals surface area contributed by atoms with Gasteiger partial charge in [0.25, 0.3) is 0 Å². The summed E-state index contributed by atoms with van der Waals surface area (Å²) in [6.07, 6.45) is 7.82. The highest BCUT2D eigenvalue weighted by molar-refractivity contribution is 9.09. The van der Waals surface area contributed by atoms with Crippen molar-refractivity contribution in [2.24, 2.45) is 10.9 Å². The van der Waals surface area contributed by atoms with E-state index in [1.165, 1.54) is 0 Å². The van der Waals surface area contributed by atoms with Crippen LogP contribution in [0.15, 0.2) is 52.2 Å². The summed E-state index contributed by atoms with van der Waals surface area (Å²) in [6.45, 7) is 0.398. The fraction of sp³-hybridized carbons (Fsp3) is 0.368. The zero-order valence-electron chi connectivity index (χ0n) is 14.0. The Hall–Kier alpha value is -1.96. The summed E-state index contributed by atoms with van der Waals surface area (Å²) >= 11 is 3.79. The monoisotopic (exact) mass is 415 g/mol. The lowest BCUT2D eigenvalue weighted by Crippen LogP contribution is -2.38. The van der Waals surface area contributed by atoms with Gasteiger partial charge in [-0.25, -0.2) is 9.98 Å². The predicted octanol–water partition coefficient (Wildman–Crippen LogP) is 4.21. The van der Waals surface area contributed by atoms with Crippen LogP contribution in [0.25, 0.3) is 17.1 Å². The van der Waals surface area contributed by atoms with Gasteiger partial charge >= 0.3 is 0 Å². The lowest BCUT2D eigenvalue weighted by atomic mass is 9.86. The van der Waals surface area contributed by atoms with Crippen LogP contribution in [0, 0.1) is 5.92 Å². The molecular formula is C19H18BrN3O3. The van der Waals surface area contributed by atoms with Crippen LogP contribution in [0.2, 0.25) is 0 Å². The number of halogens is 1. The topological polar surface area (TPSA) is 61.3 Å². The van der Waals surface area contributed by atoms with Crippen LogP contribution < -0.4 is 0 Å². The first kappa shape index (κ1) is 16.2. The van der Waals surface area contributed by atoms with Gasteiger partial charge in [0.1, 0.15) is 12.4 Å². The van der Waals surface area contributed by atoms with Crippen LogP contribution in [-0.4, -0.2) is 39.4 Å². The highest BCUT2D eigenvalue weighted by Crippen LogP contribution is 2.37. The highest BCUT2D eigenvalue weighted by Gasteiger charge is 2.39.